The minimum atomic E-state index is -0.265. The van der Waals surface area contributed by atoms with Crippen molar-refractivity contribution in [1.82, 2.24) is 15.0 Å². The van der Waals surface area contributed by atoms with Crippen LogP contribution in [0.2, 0.25) is 5.15 Å². The highest BCUT2D eigenvalue weighted by Crippen LogP contribution is 2.17. The lowest BCUT2D eigenvalue weighted by molar-refractivity contribution is 0.994. The van der Waals surface area contributed by atoms with E-state index in [0.717, 1.165) is 0 Å². The van der Waals surface area contributed by atoms with Gasteiger partial charge in [-0.05, 0) is 19.1 Å². The van der Waals surface area contributed by atoms with Crippen LogP contribution in [0.5, 0.6) is 0 Å². The Labute approximate surface area is 102 Å². The zero-order chi connectivity index (χ0) is 11.7. The first-order chi connectivity index (χ1) is 7.58. The van der Waals surface area contributed by atoms with Crippen LogP contribution in [0.25, 0.3) is 11.4 Å². The highest BCUT2D eigenvalue weighted by atomic mass is 35.5. The lowest BCUT2D eigenvalue weighted by atomic mass is 10.2. The number of aryl methyl sites for hydroxylation is 1. The number of H-pyrrole nitrogens is 1. The molecule has 0 atom stereocenters. The van der Waals surface area contributed by atoms with Crippen LogP contribution >= 0.6 is 24.2 Å². The zero-order valence-corrected chi connectivity index (χ0v) is 10.0. The van der Waals surface area contributed by atoms with Crippen molar-refractivity contribution >= 4 is 24.2 Å². The molecular weight excluding hydrogens is 246 g/mol. The lowest BCUT2D eigenvalue weighted by Gasteiger charge is -2.03. The average Bonchev–Trinajstić information content (AvgIpc) is 2.25. The van der Waals surface area contributed by atoms with Gasteiger partial charge >= 0.3 is 0 Å². The molecule has 0 aliphatic rings. The van der Waals surface area contributed by atoms with Crippen molar-refractivity contribution in [3.63, 3.8) is 0 Å². The van der Waals surface area contributed by atoms with Crippen LogP contribution in [-0.4, -0.2) is 15.0 Å². The van der Waals surface area contributed by atoms with Crippen molar-refractivity contribution in [2.24, 2.45) is 0 Å². The van der Waals surface area contributed by atoms with Gasteiger partial charge in [0, 0.05) is 11.8 Å². The molecule has 0 radical (unpaired) electrons. The molecule has 1 N–H and O–H groups in total. The van der Waals surface area contributed by atoms with E-state index in [2.05, 4.69) is 27.6 Å². The van der Waals surface area contributed by atoms with Crippen molar-refractivity contribution < 1.29 is 0 Å². The van der Waals surface area contributed by atoms with Crippen LogP contribution in [0.1, 0.15) is 5.69 Å². The summed E-state index contributed by atoms with van der Waals surface area (Å²) >= 11 is 9.81. The number of thiol groups is 1. The van der Waals surface area contributed by atoms with E-state index in [9.17, 15) is 4.79 Å². The molecule has 2 rings (SSSR count). The topological polar surface area (TPSA) is 58.6 Å². The standard InChI is InChI=1S/C10H8ClN3OS/c1-5-8(16)10(15)14-9(13-5)6-2-3-12-7(11)4-6/h2-4,16H,1H3,(H,13,14,15). The van der Waals surface area contributed by atoms with Gasteiger partial charge in [-0.1, -0.05) is 11.6 Å². The molecule has 2 aromatic rings. The molecule has 0 aliphatic heterocycles. The summed E-state index contributed by atoms with van der Waals surface area (Å²) in [6.45, 7) is 1.73. The van der Waals surface area contributed by atoms with Crippen molar-refractivity contribution in [3.8, 4) is 11.4 Å². The van der Waals surface area contributed by atoms with E-state index in [-0.39, 0.29) is 5.56 Å². The molecule has 0 spiro atoms. The molecule has 0 aromatic carbocycles. The molecule has 0 aliphatic carbocycles. The Balaban J connectivity index is 2.61. The second-order valence-electron chi connectivity index (χ2n) is 3.22. The van der Waals surface area contributed by atoms with E-state index < -0.39 is 0 Å². The summed E-state index contributed by atoms with van der Waals surface area (Å²) in [4.78, 5) is 22.5. The summed E-state index contributed by atoms with van der Waals surface area (Å²) in [5, 5.41) is 0.354. The molecular formula is C10H8ClN3OS. The van der Waals surface area contributed by atoms with Gasteiger partial charge in [-0.15, -0.1) is 12.6 Å². The van der Waals surface area contributed by atoms with Gasteiger partial charge in [0.15, 0.2) is 0 Å². The van der Waals surface area contributed by atoms with Gasteiger partial charge in [-0.3, -0.25) is 4.79 Å². The Bertz CT molecular complexity index is 597. The molecule has 82 valence electrons. The number of hydrogen-bond acceptors (Lipinski definition) is 4. The number of hydrogen-bond donors (Lipinski definition) is 2. The zero-order valence-electron chi connectivity index (χ0n) is 8.36. The first kappa shape index (κ1) is 11.2. The maximum absolute atomic E-state index is 11.5. The fourth-order valence-electron chi connectivity index (χ4n) is 1.27. The first-order valence-corrected chi connectivity index (χ1v) is 5.32. The van der Waals surface area contributed by atoms with E-state index in [1.807, 2.05) is 0 Å². The van der Waals surface area contributed by atoms with E-state index in [4.69, 9.17) is 11.6 Å². The van der Waals surface area contributed by atoms with Gasteiger partial charge in [-0.25, -0.2) is 9.97 Å². The summed E-state index contributed by atoms with van der Waals surface area (Å²) in [6, 6.07) is 3.36. The normalized spacial score (nSPS) is 10.4. The van der Waals surface area contributed by atoms with Crippen molar-refractivity contribution in [1.29, 1.82) is 0 Å². The molecule has 16 heavy (non-hydrogen) atoms. The first-order valence-electron chi connectivity index (χ1n) is 4.50. The largest absolute Gasteiger partial charge is 0.306 e. The Morgan fingerprint density at radius 3 is 2.88 bits per heavy atom. The van der Waals surface area contributed by atoms with Crippen molar-refractivity contribution in [2.45, 2.75) is 11.8 Å². The maximum atomic E-state index is 11.5. The van der Waals surface area contributed by atoms with Gasteiger partial charge in [0.05, 0.1) is 10.6 Å². The SMILES string of the molecule is Cc1nc(-c2ccnc(Cl)c2)[nH]c(=O)c1S. The molecule has 0 fully saturated rings. The van der Waals surface area contributed by atoms with Crippen LogP contribution in [0.3, 0.4) is 0 Å². The maximum Gasteiger partial charge on any atom is 0.264 e. The summed E-state index contributed by atoms with van der Waals surface area (Å²) in [5.41, 5.74) is 1.03. The number of aromatic amines is 1. The molecule has 2 aromatic heterocycles. The van der Waals surface area contributed by atoms with Crippen LogP contribution in [0, 0.1) is 6.92 Å². The molecule has 0 amide bonds. The van der Waals surface area contributed by atoms with Crippen LogP contribution in [0.4, 0.5) is 0 Å². The Morgan fingerprint density at radius 2 is 2.25 bits per heavy atom. The quantitative estimate of drug-likeness (QED) is 0.604. The molecule has 0 saturated heterocycles. The Hall–Kier alpha value is -1.33. The third kappa shape index (κ3) is 2.10. The average molecular weight is 254 g/mol. The number of pyridine rings is 1. The number of aromatic nitrogens is 3. The Morgan fingerprint density at radius 1 is 1.50 bits per heavy atom. The van der Waals surface area contributed by atoms with Gasteiger partial charge in [-0.2, -0.15) is 0 Å². The number of nitrogens with one attached hydrogen (secondary N) is 1. The van der Waals surface area contributed by atoms with Crippen LogP contribution in [-0.2, 0) is 0 Å². The molecule has 2 heterocycles. The molecule has 4 nitrogen and oxygen atoms in total. The predicted molar refractivity (Wildman–Crippen MR) is 65.1 cm³/mol. The van der Waals surface area contributed by atoms with Crippen LogP contribution < -0.4 is 5.56 Å². The van der Waals surface area contributed by atoms with Gasteiger partial charge in [0.25, 0.3) is 5.56 Å². The predicted octanol–water partition coefficient (Wildman–Crippen LogP) is 2.08. The highest BCUT2D eigenvalue weighted by Gasteiger charge is 2.06. The fourth-order valence-corrected chi connectivity index (χ4v) is 1.55. The molecule has 6 heteroatoms. The summed E-state index contributed by atoms with van der Waals surface area (Å²) in [5.74, 6) is 0.463. The van der Waals surface area contributed by atoms with E-state index in [1.54, 1.807) is 25.3 Å². The fraction of sp³-hybridized carbons (Fsp3) is 0.100. The van der Waals surface area contributed by atoms with Crippen molar-refractivity contribution in [2.75, 3.05) is 0 Å². The number of nitrogens with zero attached hydrogens (tertiary/aromatic N) is 2. The lowest BCUT2D eigenvalue weighted by Crippen LogP contribution is -2.12. The van der Waals surface area contributed by atoms with Crippen molar-refractivity contribution in [3.05, 3.63) is 39.5 Å². The minimum Gasteiger partial charge on any atom is -0.306 e. The minimum absolute atomic E-state index is 0.265. The summed E-state index contributed by atoms with van der Waals surface area (Å²) < 4.78 is 0. The summed E-state index contributed by atoms with van der Waals surface area (Å²) in [7, 11) is 0. The smallest absolute Gasteiger partial charge is 0.264 e. The van der Waals surface area contributed by atoms with Gasteiger partial charge in [0.2, 0.25) is 0 Å². The van der Waals surface area contributed by atoms with Gasteiger partial charge in [0.1, 0.15) is 11.0 Å². The van der Waals surface area contributed by atoms with Gasteiger partial charge < -0.3 is 4.98 Å². The molecule has 0 saturated carbocycles. The molecule has 0 bridgehead atoms. The Kier molecular flexibility index (Phi) is 2.98. The second-order valence-corrected chi connectivity index (χ2v) is 4.05. The van der Waals surface area contributed by atoms with E-state index in [0.29, 0.717) is 27.1 Å². The second kappa shape index (κ2) is 4.27. The monoisotopic (exact) mass is 253 g/mol. The third-order valence-electron chi connectivity index (χ3n) is 2.07. The number of rotatable bonds is 1. The highest BCUT2D eigenvalue weighted by molar-refractivity contribution is 7.80. The third-order valence-corrected chi connectivity index (χ3v) is 2.80. The number of halogens is 1. The van der Waals surface area contributed by atoms with Crippen LogP contribution in [0.15, 0.2) is 28.0 Å². The summed E-state index contributed by atoms with van der Waals surface area (Å²) in [6.07, 6.45) is 1.56. The van der Waals surface area contributed by atoms with E-state index in [1.165, 1.54) is 0 Å². The molecule has 0 unspecified atom stereocenters. The van der Waals surface area contributed by atoms with E-state index >= 15 is 0 Å².